The quantitative estimate of drug-likeness (QED) is 0.518. The molecule has 10 heteroatoms. The fourth-order valence-electron chi connectivity index (χ4n) is 2.70. The van der Waals surface area contributed by atoms with Gasteiger partial charge in [-0.25, -0.2) is 19.0 Å². The minimum absolute atomic E-state index is 0.0147. The number of aromatic nitrogens is 6. The van der Waals surface area contributed by atoms with Crippen molar-refractivity contribution in [1.82, 2.24) is 29.4 Å². The molecule has 10 nitrogen and oxygen atoms in total. The topological polar surface area (TPSA) is 116 Å². The van der Waals surface area contributed by atoms with Gasteiger partial charge in [-0.1, -0.05) is 6.07 Å². The lowest BCUT2D eigenvalue weighted by atomic mass is 10.2. The van der Waals surface area contributed by atoms with Gasteiger partial charge in [-0.3, -0.25) is 4.79 Å². The average molecular weight is 391 g/mol. The van der Waals surface area contributed by atoms with Crippen LogP contribution in [0.15, 0.2) is 48.8 Å². The van der Waals surface area contributed by atoms with E-state index in [0.717, 1.165) is 5.69 Å². The Balaban J connectivity index is 1.55. The Hall–Kier alpha value is -4.08. The fraction of sp³-hybridized carbons (Fsp3) is 0.158. The van der Waals surface area contributed by atoms with Gasteiger partial charge in [-0.05, 0) is 44.2 Å². The molecule has 0 spiro atoms. The first-order valence-electron chi connectivity index (χ1n) is 8.88. The molecule has 0 unspecified atom stereocenters. The minimum atomic E-state index is -0.488. The maximum atomic E-state index is 12.5. The lowest BCUT2D eigenvalue weighted by Crippen LogP contribution is -2.14. The van der Waals surface area contributed by atoms with Gasteiger partial charge in [-0.15, -0.1) is 5.10 Å². The second kappa shape index (κ2) is 7.50. The Morgan fingerprint density at radius 3 is 2.83 bits per heavy atom. The van der Waals surface area contributed by atoms with Crippen LogP contribution in [0.2, 0.25) is 0 Å². The summed E-state index contributed by atoms with van der Waals surface area (Å²) in [5.74, 6) is -0.579. The van der Waals surface area contributed by atoms with E-state index in [2.05, 4.69) is 25.5 Å². The summed E-state index contributed by atoms with van der Waals surface area (Å²) in [5.41, 5.74) is 2.22. The zero-order valence-electron chi connectivity index (χ0n) is 15.7. The Morgan fingerprint density at radius 1 is 1.17 bits per heavy atom. The lowest BCUT2D eigenvalue weighted by Gasteiger charge is -2.06. The number of fused-ring (bicyclic) bond motifs is 1. The number of aryl methyl sites for hydroxylation is 1. The highest BCUT2D eigenvalue weighted by Gasteiger charge is 2.15. The molecule has 4 rings (SSSR count). The molecule has 0 bridgehead atoms. The molecular formula is C19H17N7O3. The van der Waals surface area contributed by atoms with E-state index in [4.69, 9.17) is 4.74 Å². The molecule has 3 heterocycles. The smallest absolute Gasteiger partial charge is 0.358 e. The molecule has 0 fully saturated rings. The lowest BCUT2D eigenvalue weighted by molar-refractivity contribution is 0.0519. The second-order valence-electron chi connectivity index (χ2n) is 6.10. The Kier molecular flexibility index (Phi) is 4.73. The van der Waals surface area contributed by atoms with Crippen molar-refractivity contribution in [3.63, 3.8) is 0 Å². The summed E-state index contributed by atoms with van der Waals surface area (Å²) in [7, 11) is 0. The molecule has 0 saturated heterocycles. The van der Waals surface area contributed by atoms with Gasteiger partial charge in [0.15, 0.2) is 5.69 Å². The van der Waals surface area contributed by atoms with Gasteiger partial charge < -0.3 is 10.1 Å². The number of carbonyl (C=O) groups excluding carboxylic acids is 2. The largest absolute Gasteiger partial charge is 0.461 e. The number of esters is 1. The maximum Gasteiger partial charge on any atom is 0.358 e. The highest BCUT2D eigenvalue weighted by atomic mass is 16.5. The van der Waals surface area contributed by atoms with E-state index in [1.807, 2.05) is 6.92 Å². The van der Waals surface area contributed by atoms with Gasteiger partial charge >= 0.3 is 5.97 Å². The van der Waals surface area contributed by atoms with E-state index in [1.54, 1.807) is 55.7 Å². The third kappa shape index (κ3) is 3.68. The summed E-state index contributed by atoms with van der Waals surface area (Å²) in [6.07, 6.45) is 3.25. The SMILES string of the molecule is CCOC(=O)c1ccn(-c2cccc(NC(=O)c3nc4nccc(C)n4n3)c2)n1. The molecule has 4 aromatic rings. The van der Waals surface area contributed by atoms with E-state index in [0.29, 0.717) is 17.2 Å². The van der Waals surface area contributed by atoms with Crippen molar-refractivity contribution < 1.29 is 14.3 Å². The number of ether oxygens (including phenoxy) is 1. The van der Waals surface area contributed by atoms with Crippen LogP contribution in [0.5, 0.6) is 0 Å². The number of nitrogens with zero attached hydrogens (tertiary/aromatic N) is 6. The van der Waals surface area contributed by atoms with Gasteiger partial charge in [0.05, 0.1) is 12.3 Å². The van der Waals surface area contributed by atoms with Crippen molar-refractivity contribution in [2.75, 3.05) is 11.9 Å². The van der Waals surface area contributed by atoms with Crippen LogP contribution in [0.25, 0.3) is 11.5 Å². The van der Waals surface area contributed by atoms with Crippen molar-refractivity contribution in [3.8, 4) is 5.69 Å². The van der Waals surface area contributed by atoms with Crippen LogP contribution in [-0.4, -0.2) is 47.8 Å². The first-order chi connectivity index (χ1) is 14.0. The van der Waals surface area contributed by atoms with Gasteiger partial charge in [-0.2, -0.15) is 10.1 Å². The highest BCUT2D eigenvalue weighted by Crippen LogP contribution is 2.16. The molecule has 0 saturated carbocycles. The summed E-state index contributed by atoms with van der Waals surface area (Å²) in [6.45, 7) is 3.86. The van der Waals surface area contributed by atoms with E-state index in [1.165, 1.54) is 9.20 Å². The van der Waals surface area contributed by atoms with Crippen LogP contribution < -0.4 is 5.32 Å². The van der Waals surface area contributed by atoms with Crippen molar-refractivity contribution in [3.05, 3.63) is 66.0 Å². The van der Waals surface area contributed by atoms with Gasteiger partial charge in [0, 0.05) is 23.8 Å². The molecule has 0 aliphatic carbocycles. The Labute approximate surface area is 165 Å². The molecular weight excluding hydrogens is 374 g/mol. The number of rotatable bonds is 5. The predicted molar refractivity (Wildman–Crippen MR) is 103 cm³/mol. The van der Waals surface area contributed by atoms with Crippen LogP contribution in [0.4, 0.5) is 5.69 Å². The van der Waals surface area contributed by atoms with E-state index in [-0.39, 0.29) is 18.1 Å². The first kappa shape index (κ1) is 18.3. The van der Waals surface area contributed by atoms with Crippen molar-refractivity contribution in [1.29, 1.82) is 0 Å². The summed E-state index contributed by atoms with van der Waals surface area (Å²) in [4.78, 5) is 32.6. The number of anilines is 1. The number of carbonyl (C=O) groups is 2. The standard InChI is InChI=1S/C19H17N7O3/c1-3-29-18(28)15-8-10-25(23-15)14-6-4-5-13(11-14)21-17(27)16-22-19-20-9-7-12(2)26(19)24-16/h4-11H,3H2,1-2H3,(H,21,27). The number of nitrogens with one attached hydrogen (secondary N) is 1. The van der Waals surface area contributed by atoms with Crippen LogP contribution in [0, 0.1) is 6.92 Å². The van der Waals surface area contributed by atoms with Crippen molar-refractivity contribution in [2.45, 2.75) is 13.8 Å². The molecule has 0 aliphatic rings. The molecule has 146 valence electrons. The number of hydrogen-bond acceptors (Lipinski definition) is 7. The van der Waals surface area contributed by atoms with Crippen LogP contribution in [-0.2, 0) is 4.74 Å². The molecule has 1 amide bonds. The Morgan fingerprint density at radius 2 is 2.03 bits per heavy atom. The highest BCUT2D eigenvalue weighted by molar-refractivity contribution is 6.01. The average Bonchev–Trinajstić information content (AvgIpc) is 3.37. The molecule has 0 atom stereocenters. The monoisotopic (exact) mass is 391 g/mol. The van der Waals surface area contributed by atoms with Crippen molar-refractivity contribution in [2.24, 2.45) is 0 Å². The molecule has 29 heavy (non-hydrogen) atoms. The van der Waals surface area contributed by atoms with Crippen LogP contribution in [0.1, 0.15) is 33.7 Å². The van der Waals surface area contributed by atoms with Crippen LogP contribution >= 0.6 is 0 Å². The molecule has 3 aromatic heterocycles. The van der Waals surface area contributed by atoms with E-state index in [9.17, 15) is 9.59 Å². The Bertz CT molecular complexity index is 1210. The normalized spacial score (nSPS) is 10.8. The molecule has 1 aromatic carbocycles. The third-order valence-corrected chi connectivity index (χ3v) is 4.08. The van der Waals surface area contributed by atoms with E-state index < -0.39 is 11.9 Å². The summed E-state index contributed by atoms with van der Waals surface area (Å²) in [6, 6.07) is 10.4. The summed E-state index contributed by atoms with van der Waals surface area (Å²) in [5, 5.41) is 11.2. The number of hydrogen-bond donors (Lipinski definition) is 1. The second-order valence-corrected chi connectivity index (χ2v) is 6.10. The van der Waals surface area contributed by atoms with Gasteiger partial charge in [0.2, 0.25) is 5.82 Å². The summed E-state index contributed by atoms with van der Waals surface area (Å²) < 4.78 is 7.98. The fourth-order valence-corrected chi connectivity index (χ4v) is 2.70. The summed E-state index contributed by atoms with van der Waals surface area (Å²) >= 11 is 0. The zero-order chi connectivity index (χ0) is 20.4. The first-order valence-corrected chi connectivity index (χ1v) is 8.88. The molecule has 1 N–H and O–H groups in total. The zero-order valence-corrected chi connectivity index (χ0v) is 15.7. The molecule has 0 radical (unpaired) electrons. The maximum absolute atomic E-state index is 12.5. The number of benzene rings is 1. The molecule has 0 aliphatic heterocycles. The predicted octanol–water partition coefficient (Wildman–Crippen LogP) is 2.05. The van der Waals surface area contributed by atoms with Gasteiger partial charge in [0.25, 0.3) is 11.7 Å². The minimum Gasteiger partial charge on any atom is -0.461 e. The number of amides is 1. The van der Waals surface area contributed by atoms with Gasteiger partial charge in [0.1, 0.15) is 0 Å². The van der Waals surface area contributed by atoms with Crippen molar-refractivity contribution >= 4 is 23.3 Å². The van der Waals surface area contributed by atoms with E-state index >= 15 is 0 Å². The third-order valence-electron chi connectivity index (χ3n) is 4.08. The van der Waals surface area contributed by atoms with Crippen LogP contribution in [0.3, 0.4) is 0 Å².